The molecule has 1 aromatic carbocycles. The van der Waals surface area contributed by atoms with Crippen LogP contribution in [-0.2, 0) is 4.79 Å². The van der Waals surface area contributed by atoms with Crippen LogP contribution in [0.3, 0.4) is 0 Å². The minimum absolute atomic E-state index is 0.671. The van der Waals surface area contributed by atoms with Crippen molar-refractivity contribution < 1.29 is 9.21 Å². The van der Waals surface area contributed by atoms with Crippen LogP contribution < -0.4 is 0 Å². The summed E-state index contributed by atoms with van der Waals surface area (Å²) in [6, 6.07) is 9.57. The summed E-state index contributed by atoms with van der Waals surface area (Å²) < 4.78 is 5.44. The van der Waals surface area contributed by atoms with Crippen LogP contribution in [0.1, 0.15) is 5.76 Å². The third-order valence-electron chi connectivity index (χ3n) is 1.81. The van der Waals surface area contributed by atoms with Crippen molar-refractivity contribution in [1.82, 2.24) is 0 Å². The van der Waals surface area contributed by atoms with Crippen LogP contribution in [-0.4, -0.2) is 6.08 Å². The van der Waals surface area contributed by atoms with E-state index in [0.29, 0.717) is 5.76 Å². The van der Waals surface area contributed by atoms with Crippen LogP contribution in [0.25, 0.3) is 17.0 Å². The van der Waals surface area contributed by atoms with Crippen molar-refractivity contribution in [2.45, 2.75) is 0 Å². The van der Waals surface area contributed by atoms with Crippen molar-refractivity contribution in [1.29, 1.82) is 0 Å². The molecule has 0 spiro atoms. The number of isocyanates is 1. The topological polar surface area (TPSA) is 42.6 Å². The molecule has 2 rings (SSSR count). The third kappa shape index (κ3) is 1.63. The van der Waals surface area contributed by atoms with Crippen LogP contribution >= 0.6 is 0 Å². The van der Waals surface area contributed by atoms with Crippen molar-refractivity contribution in [2.75, 3.05) is 0 Å². The molecule has 1 aromatic heterocycles. The zero-order chi connectivity index (χ0) is 9.80. The van der Waals surface area contributed by atoms with E-state index in [1.54, 1.807) is 6.08 Å². The quantitative estimate of drug-likeness (QED) is 0.533. The molecule has 3 nitrogen and oxygen atoms in total. The lowest BCUT2D eigenvalue weighted by Crippen LogP contribution is -1.57. The molecule has 0 saturated heterocycles. The van der Waals surface area contributed by atoms with Gasteiger partial charge in [0.15, 0.2) is 0 Å². The van der Waals surface area contributed by atoms with Gasteiger partial charge in [0.05, 0.1) is 0 Å². The van der Waals surface area contributed by atoms with E-state index in [9.17, 15) is 4.79 Å². The third-order valence-corrected chi connectivity index (χ3v) is 1.81. The first-order valence-electron chi connectivity index (χ1n) is 4.12. The molecule has 0 saturated carbocycles. The molecule has 0 N–H and O–H groups in total. The fraction of sp³-hybridized carbons (Fsp3) is 0. The highest BCUT2D eigenvalue weighted by atomic mass is 16.3. The van der Waals surface area contributed by atoms with Gasteiger partial charge in [-0.25, -0.2) is 4.79 Å². The van der Waals surface area contributed by atoms with Gasteiger partial charge in [-0.15, -0.1) is 0 Å². The van der Waals surface area contributed by atoms with E-state index in [0.717, 1.165) is 11.0 Å². The molecule has 68 valence electrons. The first-order chi connectivity index (χ1) is 6.90. The molecular weight excluding hydrogens is 178 g/mol. The number of para-hydroxylation sites is 1. The number of hydrogen-bond donors (Lipinski definition) is 0. The minimum Gasteiger partial charge on any atom is -0.457 e. The van der Waals surface area contributed by atoms with Gasteiger partial charge >= 0.3 is 0 Å². The maximum absolute atomic E-state index is 9.79. The minimum atomic E-state index is 0.671. The lowest BCUT2D eigenvalue weighted by Gasteiger charge is -1.82. The van der Waals surface area contributed by atoms with Gasteiger partial charge in [0, 0.05) is 11.6 Å². The molecular formula is C11H7NO2. The number of benzene rings is 1. The van der Waals surface area contributed by atoms with Gasteiger partial charge in [-0.05, 0) is 18.2 Å². The van der Waals surface area contributed by atoms with Gasteiger partial charge in [0.1, 0.15) is 11.3 Å². The van der Waals surface area contributed by atoms with Crippen molar-refractivity contribution in [3.63, 3.8) is 0 Å². The van der Waals surface area contributed by atoms with E-state index in [-0.39, 0.29) is 0 Å². The summed E-state index contributed by atoms with van der Waals surface area (Å²) in [6.07, 6.45) is 4.39. The number of furan rings is 1. The normalized spacial score (nSPS) is 10.6. The fourth-order valence-electron chi connectivity index (χ4n) is 1.23. The van der Waals surface area contributed by atoms with Gasteiger partial charge in [-0.2, -0.15) is 4.99 Å². The summed E-state index contributed by atoms with van der Waals surface area (Å²) in [5.74, 6) is 0.671. The van der Waals surface area contributed by atoms with Gasteiger partial charge in [-0.3, -0.25) is 0 Å². The Balaban J connectivity index is 2.40. The largest absolute Gasteiger partial charge is 0.457 e. The standard InChI is InChI=1S/C11H7NO2/c13-8-12-6-5-10-7-9-3-1-2-4-11(9)14-10/h1-7H. The number of rotatable bonds is 2. The highest BCUT2D eigenvalue weighted by Crippen LogP contribution is 2.19. The van der Waals surface area contributed by atoms with Gasteiger partial charge in [-0.1, -0.05) is 18.2 Å². The Bertz CT molecular complexity index is 486. The number of aliphatic imine (C=N–C) groups is 1. The Hall–Kier alpha value is -2.12. The summed E-state index contributed by atoms with van der Waals surface area (Å²) in [5.41, 5.74) is 0.822. The molecule has 0 atom stereocenters. The van der Waals surface area contributed by atoms with Crippen LogP contribution in [0.5, 0.6) is 0 Å². The lowest BCUT2D eigenvalue weighted by atomic mass is 10.2. The van der Waals surface area contributed by atoms with E-state index >= 15 is 0 Å². The molecule has 2 aromatic rings. The van der Waals surface area contributed by atoms with Crippen LogP contribution in [0.4, 0.5) is 0 Å². The van der Waals surface area contributed by atoms with Crippen molar-refractivity contribution in [3.05, 3.63) is 42.3 Å². The molecule has 1 heterocycles. The molecule has 0 aliphatic heterocycles. The Morgan fingerprint density at radius 2 is 2.21 bits per heavy atom. The zero-order valence-corrected chi connectivity index (χ0v) is 7.31. The monoisotopic (exact) mass is 185 g/mol. The predicted octanol–water partition coefficient (Wildman–Crippen LogP) is 2.74. The van der Waals surface area contributed by atoms with Crippen LogP contribution in [0, 0.1) is 0 Å². The molecule has 0 aliphatic carbocycles. The summed E-state index contributed by atoms with van der Waals surface area (Å²) in [7, 11) is 0. The number of carbonyl (C=O) groups excluding carboxylic acids is 1. The van der Waals surface area contributed by atoms with Crippen molar-refractivity contribution >= 4 is 23.1 Å². The first-order valence-corrected chi connectivity index (χ1v) is 4.12. The summed E-state index contributed by atoms with van der Waals surface area (Å²) in [6.45, 7) is 0. The van der Waals surface area contributed by atoms with Gasteiger partial charge in [0.2, 0.25) is 6.08 Å². The summed E-state index contributed by atoms with van der Waals surface area (Å²) in [4.78, 5) is 13.1. The Morgan fingerprint density at radius 1 is 1.36 bits per heavy atom. The molecule has 0 fully saturated rings. The molecule has 0 bridgehead atoms. The van der Waals surface area contributed by atoms with E-state index in [4.69, 9.17) is 4.42 Å². The summed E-state index contributed by atoms with van der Waals surface area (Å²) in [5, 5.41) is 1.03. The highest BCUT2D eigenvalue weighted by Gasteiger charge is 1.98. The van der Waals surface area contributed by atoms with Gasteiger partial charge in [0.25, 0.3) is 0 Å². The second-order valence-corrected chi connectivity index (χ2v) is 2.72. The second kappa shape index (κ2) is 3.73. The second-order valence-electron chi connectivity index (χ2n) is 2.72. The maximum Gasteiger partial charge on any atom is 0.239 e. The van der Waals surface area contributed by atoms with Crippen molar-refractivity contribution in [2.24, 2.45) is 4.99 Å². The van der Waals surface area contributed by atoms with Crippen LogP contribution in [0.15, 0.2) is 45.9 Å². The number of fused-ring (bicyclic) bond motifs is 1. The lowest BCUT2D eigenvalue weighted by molar-refractivity contribution is 0.565. The van der Waals surface area contributed by atoms with Gasteiger partial charge < -0.3 is 4.42 Å². The average molecular weight is 185 g/mol. The molecule has 14 heavy (non-hydrogen) atoms. The number of nitrogens with zero attached hydrogens (tertiary/aromatic N) is 1. The fourth-order valence-corrected chi connectivity index (χ4v) is 1.23. The first kappa shape index (κ1) is 8.48. The molecule has 3 heteroatoms. The molecule has 0 radical (unpaired) electrons. The Morgan fingerprint density at radius 3 is 3.00 bits per heavy atom. The predicted molar refractivity (Wildman–Crippen MR) is 53.4 cm³/mol. The van der Waals surface area contributed by atoms with E-state index < -0.39 is 0 Å². The highest BCUT2D eigenvalue weighted by molar-refractivity contribution is 5.79. The Labute approximate surface area is 80.4 Å². The number of hydrogen-bond acceptors (Lipinski definition) is 3. The molecule has 0 aliphatic rings. The molecule has 0 amide bonds. The SMILES string of the molecule is O=C=NC=Cc1cc2ccccc2o1. The van der Waals surface area contributed by atoms with E-state index in [2.05, 4.69) is 4.99 Å². The van der Waals surface area contributed by atoms with Crippen molar-refractivity contribution in [3.8, 4) is 0 Å². The van der Waals surface area contributed by atoms with E-state index in [1.165, 1.54) is 12.3 Å². The van der Waals surface area contributed by atoms with E-state index in [1.807, 2.05) is 30.3 Å². The Kier molecular flexibility index (Phi) is 2.26. The average Bonchev–Trinajstić information content (AvgIpc) is 2.60. The smallest absolute Gasteiger partial charge is 0.239 e. The zero-order valence-electron chi connectivity index (χ0n) is 7.31. The summed E-state index contributed by atoms with van der Waals surface area (Å²) >= 11 is 0. The maximum atomic E-state index is 9.79. The van der Waals surface area contributed by atoms with Crippen LogP contribution in [0.2, 0.25) is 0 Å². The molecule has 0 unspecified atom stereocenters.